The van der Waals surface area contributed by atoms with Gasteiger partial charge in [0.15, 0.2) is 5.54 Å². The Morgan fingerprint density at radius 3 is 2.12 bits per heavy atom. The highest BCUT2D eigenvalue weighted by molar-refractivity contribution is 8.00. The number of carboxylic acid groups (broad SMARTS) is 1. The van der Waals surface area contributed by atoms with Crippen LogP contribution in [0.5, 0.6) is 11.5 Å². The van der Waals surface area contributed by atoms with Crippen LogP contribution in [-0.4, -0.2) is 167 Å². The Labute approximate surface area is 452 Å². The zero-order valence-electron chi connectivity index (χ0n) is 43.9. The van der Waals surface area contributed by atoms with Crippen LogP contribution >= 0.6 is 11.8 Å². The van der Waals surface area contributed by atoms with Crippen molar-refractivity contribution in [3.63, 3.8) is 0 Å². The van der Waals surface area contributed by atoms with Gasteiger partial charge in [-0.05, 0) is 73.7 Å². The van der Waals surface area contributed by atoms with Crippen molar-refractivity contribution in [2.45, 2.75) is 81.8 Å². The van der Waals surface area contributed by atoms with Gasteiger partial charge in [-0.3, -0.25) is 18.7 Å². The molecule has 0 bridgehead atoms. The van der Waals surface area contributed by atoms with Crippen molar-refractivity contribution < 1.29 is 69.2 Å². The lowest BCUT2D eigenvalue weighted by atomic mass is 9.83. The molecule has 0 aliphatic carbocycles. The summed E-state index contributed by atoms with van der Waals surface area (Å²) in [6.07, 6.45) is 6.54. The van der Waals surface area contributed by atoms with Crippen LogP contribution in [0.3, 0.4) is 0 Å². The van der Waals surface area contributed by atoms with Crippen LogP contribution in [0.1, 0.15) is 96.3 Å². The standard InChI is InChI=1S/C53H66N6O15S3/c1-52(2)26-32(29-76(65,66)67)35-22-38-43(24-41(35)58(52)5)74-44-25-42-36(33(30-77(68,69)70)27-53(3,4)59(42)6)23-39(44)47(38)34-12-11-31(21-37(34)50(62)63)49(61)55-14-16-72-18-20-73-19-17-71-15-13-54-46(60)10-8-7-9-45-48-40(28-75-45)56-51(64)57-48/h11-12,21-27,40,45,48H,7-10,13-20,28-30H2,1-6H3,(H6-,54,55,56,57,60,61,62,63,64,65,66,67,68,69,70)/p+1/t40-,45-,48-/m0/s1. The maximum absolute atomic E-state index is 13.5. The molecular formula is C53H67N6O15S3+. The molecule has 0 saturated carbocycles. The molecule has 0 radical (unpaired) electrons. The van der Waals surface area contributed by atoms with E-state index in [1.807, 2.05) is 63.0 Å². The number of urea groups is 1. The Morgan fingerprint density at radius 2 is 1.45 bits per heavy atom. The molecular weight excluding hydrogens is 1060 g/mol. The molecule has 4 amide bonds. The van der Waals surface area contributed by atoms with Crippen LogP contribution in [-0.2, 0) is 39.2 Å². The second-order valence-electron chi connectivity index (χ2n) is 20.8. The number of nitrogens with one attached hydrogen (secondary N) is 4. The van der Waals surface area contributed by atoms with Crippen molar-refractivity contribution >= 4 is 78.2 Å². The maximum Gasteiger partial charge on any atom is 0.336 e. The monoisotopic (exact) mass is 1120 g/mol. The van der Waals surface area contributed by atoms with Gasteiger partial charge in [0.25, 0.3) is 26.1 Å². The van der Waals surface area contributed by atoms with Crippen LogP contribution < -0.4 is 46.1 Å². The van der Waals surface area contributed by atoms with Gasteiger partial charge in [-0.25, -0.2) is 14.2 Å². The second kappa shape index (κ2) is 23.2. The van der Waals surface area contributed by atoms with Gasteiger partial charge in [0.1, 0.15) is 30.1 Å². The summed E-state index contributed by atoms with van der Waals surface area (Å²) in [4.78, 5) is 52.6. The predicted octanol–water partition coefficient (Wildman–Crippen LogP) is 3.04. The number of aromatic carboxylic acids is 1. The summed E-state index contributed by atoms with van der Waals surface area (Å²) in [5, 5.41) is 23.7. The molecule has 7 N–H and O–H groups in total. The van der Waals surface area contributed by atoms with Gasteiger partial charge in [0.05, 0.1) is 74.5 Å². The number of amides is 4. The quantitative estimate of drug-likeness (QED) is 0.0230. The lowest BCUT2D eigenvalue weighted by Gasteiger charge is -2.41. The van der Waals surface area contributed by atoms with E-state index in [9.17, 15) is 50.2 Å². The number of nitrogens with zero attached hydrogens (tertiary/aromatic N) is 2. The summed E-state index contributed by atoms with van der Waals surface area (Å²) in [5.74, 6) is -1.90. The second-order valence-corrected chi connectivity index (χ2v) is 25.0. The number of benzene rings is 3. The fourth-order valence-corrected chi connectivity index (χ4v) is 13.2. The Kier molecular flexibility index (Phi) is 17.3. The lowest BCUT2D eigenvalue weighted by molar-refractivity contribution is -0.121. The number of likely N-dealkylation sites (N-methyl/N-ethyl adjacent to an activating group) is 2. The Hall–Kier alpha value is -5.86. The molecule has 77 heavy (non-hydrogen) atoms. The van der Waals surface area contributed by atoms with Gasteiger partial charge in [-0.1, -0.05) is 18.6 Å². The van der Waals surface area contributed by atoms with E-state index in [1.54, 1.807) is 36.4 Å². The average Bonchev–Trinajstić information content (AvgIpc) is 3.98. The summed E-state index contributed by atoms with van der Waals surface area (Å²) < 4.78 is 95.2. The van der Waals surface area contributed by atoms with Crippen LogP contribution in [0.2, 0.25) is 0 Å². The van der Waals surface area contributed by atoms with Gasteiger partial charge in [-0.15, -0.1) is 0 Å². The average molecular weight is 1120 g/mol. The van der Waals surface area contributed by atoms with Crippen LogP contribution in [0.25, 0.3) is 16.7 Å². The molecule has 5 aliphatic heterocycles. The molecule has 24 heteroatoms. The van der Waals surface area contributed by atoms with E-state index in [2.05, 4.69) is 21.3 Å². The number of ether oxygens (including phenoxy) is 4. The first kappa shape index (κ1) is 57.3. The van der Waals surface area contributed by atoms with Crippen molar-refractivity contribution in [3.8, 4) is 11.5 Å². The molecule has 5 heterocycles. The number of hydrogen-bond acceptors (Lipinski definition) is 14. The number of rotatable bonds is 24. The highest BCUT2D eigenvalue weighted by Gasteiger charge is 2.43. The van der Waals surface area contributed by atoms with Gasteiger partial charge in [0, 0.05) is 90.6 Å². The van der Waals surface area contributed by atoms with Crippen LogP contribution in [0, 0.1) is 0 Å². The van der Waals surface area contributed by atoms with E-state index in [1.165, 1.54) is 18.2 Å². The Bertz CT molecular complexity index is 3290. The highest BCUT2D eigenvalue weighted by Crippen LogP contribution is 2.47. The van der Waals surface area contributed by atoms with Crippen molar-refractivity contribution in [1.29, 1.82) is 0 Å². The molecule has 2 fully saturated rings. The number of thioether (sulfide) groups is 1. The first-order valence-electron chi connectivity index (χ1n) is 25.4. The van der Waals surface area contributed by atoms with Crippen LogP contribution in [0.4, 0.5) is 10.5 Å². The third-order valence-corrected chi connectivity index (χ3v) is 17.4. The Morgan fingerprint density at radius 1 is 0.805 bits per heavy atom. The zero-order chi connectivity index (χ0) is 55.6. The normalized spacial score (nSPS) is 19.8. The smallest absolute Gasteiger partial charge is 0.336 e. The molecule has 3 atom stereocenters. The third-order valence-electron chi connectivity index (χ3n) is 14.5. The van der Waals surface area contributed by atoms with E-state index in [4.69, 9.17) is 18.9 Å². The van der Waals surface area contributed by atoms with Gasteiger partial charge < -0.3 is 50.2 Å². The highest BCUT2D eigenvalue weighted by atomic mass is 32.2. The number of carbonyl (C=O) groups is 4. The minimum Gasteiger partial charge on any atom is -0.478 e. The minimum atomic E-state index is -4.53. The van der Waals surface area contributed by atoms with E-state index < -0.39 is 54.7 Å². The topological polar surface area (TPSA) is 289 Å². The number of carbonyl (C=O) groups excluding carboxylic acids is 3. The molecule has 21 nitrogen and oxygen atoms in total. The third kappa shape index (κ3) is 13.5. The number of unbranched alkanes of at least 4 members (excludes halogenated alkanes) is 1. The number of fused-ring (bicyclic) bond motifs is 5. The summed E-state index contributed by atoms with van der Waals surface area (Å²) in [7, 11) is -5.40. The molecule has 5 aliphatic rings. The molecule has 8 rings (SSSR count). The van der Waals surface area contributed by atoms with Gasteiger partial charge in [0.2, 0.25) is 11.3 Å². The summed E-state index contributed by atoms with van der Waals surface area (Å²) in [6.45, 7) is 9.61. The van der Waals surface area contributed by atoms with Crippen molar-refractivity contribution in [2.24, 2.45) is 0 Å². The van der Waals surface area contributed by atoms with Gasteiger partial charge >= 0.3 is 12.0 Å². The summed E-state index contributed by atoms with van der Waals surface area (Å²) >= 11 is 1.86. The van der Waals surface area contributed by atoms with Crippen molar-refractivity contribution in [3.05, 3.63) is 98.6 Å². The fourth-order valence-electron chi connectivity index (χ4n) is 10.4. The van der Waals surface area contributed by atoms with E-state index in [-0.39, 0.29) is 67.1 Å². The molecule has 3 aromatic carbocycles. The maximum atomic E-state index is 13.5. The Balaban J connectivity index is 0.904. The van der Waals surface area contributed by atoms with E-state index in [0.29, 0.717) is 99.2 Å². The predicted molar refractivity (Wildman–Crippen MR) is 291 cm³/mol. The lowest BCUT2D eigenvalue weighted by Crippen LogP contribution is -2.47. The SMILES string of the molecule is CN1c2cc3c(cc2C(CS(=O)(=O)O)=CC1(C)C)C(c1ccc(C(=O)NCCOCCOCCOCCNC(=O)CCCC[C@@H]2SC[C@@H]4NC(=O)N[C@@H]42)cc1C(=O)O)=c1cc2c(cc1O3)=[N+](C)C(C)(C)C=C2CS(=O)(=O)O. The zero-order valence-corrected chi connectivity index (χ0v) is 46.3. The van der Waals surface area contributed by atoms with Gasteiger partial charge in [-0.2, -0.15) is 28.6 Å². The molecule has 0 unspecified atom stereocenters. The van der Waals surface area contributed by atoms with Crippen molar-refractivity contribution in [2.75, 3.05) is 89.0 Å². The number of anilines is 1. The summed E-state index contributed by atoms with van der Waals surface area (Å²) in [6, 6.07) is 11.3. The molecule has 416 valence electrons. The number of carboxylic acids is 1. The minimum absolute atomic E-state index is 0.0290. The summed E-state index contributed by atoms with van der Waals surface area (Å²) in [5.41, 5.74) is 1.20. The first-order chi connectivity index (χ1) is 36.3. The van der Waals surface area contributed by atoms with E-state index >= 15 is 0 Å². The van der Waals surface area contributed by atoms with Crippen LogP contribution in [0.15, 0.2) is 54.6 Å². The van der Waals surface area contributed by atoms with E-state index in [0.717, 1.165) is 25.0 Å². The first-order valence-corrected chi connectivity index (χ1v) is 29.7. The molecule has 0 spiro atoms. The van der Waals surface area contributed by atoms with Crippen molar-refractivity contribution in [1.82, 2.24) is 25.8 Å². The molecule has 2 saturated heterocycles. The molecule has 3 aromatic rings. The fraction of sp³-hybridized carbons (Fsp3) is 0.491. The molecule has 0 aromatic heterocycles. The number of hydrogen-bond donors (Lipinski definition) is 7. The largest absolute Gasteiger partial charge is 0.478 e.